The Hall–Kier alpha value is -1.13. The molecule has 0 N–H and O–H groups in total. The second kappa shape index (κ2) is 15.6. The van der Waals surface area contributed by atoms with Crippen LogP contribution in [0.15, 0.2) is 40.7 Å². The zero-order valence-electron chi connectivity index (χ0n) is 18.9. The van der Waals surface area contributed by atoms with Crippen LogP contribution in [0.4, 0.5) is 0 Å². The lowest BCUT2D eigenvalue weighted by Gasteiger charge is -2.14. The van der Waals surface area contributed by atoms with E-state index in [1.54, 1.807) is 23.1 Å². The van der Waals surface area contributed by atoms with E-state index in [1.165, 1.54) is 75.5 Å². The van der Waals surface area contributed by atoms with Crippen LogP contribution in [0, 0.1) is 0 Å². The van der Waals surface area contributed by atoms with Gasteiger partial charge in [0.25, 0.3) is 0 Å². The summed E-state index contributed by atoms with van der Waals surface area (Å²) < 4.78 is 0. The number of ketones is 1. The van der Waals surface area contributed by atoms with Crippen molar-refractivity contribution >= 4 is 28.9 Å². The molecule has 0 aliphatic rings. The SMILES string of the molecule is CCCCCCCCCCCCCCC(C(=O)c1ccc(SC)cc1)c1nccs1. The Balaban J connectivity index is 1.67. The fourth-order valence-corrected chi connectivity index (χ4v) is 5.10. The van der Waals surface area contributed by atoms with Gasteiger partial charge in [0.2, 0.25) is 0 Å². The van der Waals surface area contributed by atoms with Crippen LogP contribution in [0.5, 0.6) is 0 Å². The van der Waals surface area contributed by atoms with Gasteiger partial charge in [0.15, 0.2) is 5.78 Å². The molecule has 0 bridgehead atoms. The van der Waals surface area contributed by atoms with Crippen molar-refractivity contribution in [3.8, 4) is 0 Å². The molecule has 0 fully saturated rings. The van der Waals surface area contributed by atoms with E-state index in [2.05, 4.69) is 18.2 Å². The van der Waals surface area contributed by atoms with E-state index in [0.717, 1.165) is 23.4 Å². The third-order valence-corrected chi connectivity index (χ3v) is 7.42. The second-order valence-corrected chi connectivity index (χ2v) is 10.00. The number of carbonyl (C=O) groups is 1. The molecule has 4 heteroatoms. The largest absolute Gasteiger partial charge is 0.293 e. The summed E-state index contributed by atoms with van der Waals surface area (Å²) >= 11 is 3.31. The quantitative estimate of drug-likeness (QED) is 0.138. The van der Waals surface area contributed by atoms with Gasteiger partial charge < -0.3 is 0 Å². The summed E-state index contributed by atoms with van der Waals surface area (Å²) in [5.41, 5.74) is 0.812. The zero-order valence-corrected chi connectivity index (χ0v) is 20.5. The van der Waals surface area contributed by atoms with E-state index in [-0.39, 0.29) is 11.7 Å². The third kappa shape index (κ3) is 9.34. The number of aromatic nitrogens is 1. The molecular formula is C26H39NOS2. The van der Waals surface area contributed by atoms with Crippen LogP contribution in [0.1, 0.15) is 112 Å². The summed E-state index contributed by atoms with van der Waals surface area (Å²) in [6.07, 6.45) is 20.9. The first-order valence-electron chi connectivity index (χ1n) is 11.8. The Morgan fingerprint density at radius 2 is 1.47 bits per heavy atom. The normalized spacial score (nSPS) is 12.2. The number of Topliss-reactive ketones (excluding diaryl/α,β-unsaturated/α-hetero) is 1. The fraction of sp³-hybridized carbons (Fsp3) is 0.615. The Labute approximate surface area is 192 Å². The van der Waals surface area contributed by atoms with Gasteiger partial charge in [-0.25, -0.2) is 4.98 Å². The van der Waals surface area contributed by atoms with Gasteiger partial charge in [0.05, 0.1) is 5.92 Å². The molecule has 2 aromatic rings. The van der Waals surface area contributed by atoms with Crippen LogP contribution in [-0.2, 0) is 0 Å². The molecule has 1 atom stereocenters. The molecule has 2 rings (SSSR count). The molecule has 30 heavy (non-hydrogen) atoms. The topological polar surface area (TPSA) is 30.0 Å². The van der Waals surface area contributed by atoms with Gasteiger partial charge in [-0.15, -0.1) is 23.1 Å². The maximum atomic E-state index is 13.1. The minimum Gasteiger partial charge on any atom is -0.293 e. The molecule has 1 aromatic carbocycles. The molecule has 0 saturated heterocycles. The van der Waals surface area contributed by atoms with Gasteiger partial charge in [-0.3, -0.25) is 4.79 Å². The Bertz CT molecular complexity index is 682. The Kier molecular flexibility index (Phi) is 13.1. The van der Waals surface area contributed by atoms with E-state index < -0.39 is 0 Å². The van der Waals surface area contributed by atoms with E-state index in [1.807, 2.05) is 35.8 Å². The van der Waals surface area contributed by atoms with Crippen LogP contribution in [0.25, 0.3) is 0 Å². The molecule has 1 aromatic heterocycles. The Morgan fingerprint density at radius 1 is 0.900 bits per heavy atom. The summed E-state index contributed by atoms with van der Waals surface area (Å²) in [5, 5.41) is 2.95. The number of hydrogen-bond acceptors (Lipinski definition) is 4. The number of carbonyl (C=O) groups excluding carboxylic acids is 1. The number of rotatable bonds is 17. The van der Waals surface area contributed by atoms with Crippen molar-refractivity contribution in [2.24, 2.45) is 0 Å². The highest BCUT2D eigenvalue weighted by Gasteiger charge is 2.23. The molecule has 166 valence electrons. The van der Waals surface area contributed by atoms with Gasteiger partial charge in [0, 0.05) is 22.0 Å². The van der Waals surface area contributed by atoms with Crippen LogP contribution in [-0.4, -0.2) is 17.0 Å². The summed E-state index contributed by atoms with van der Waals surface area (Å²) in [7, 11) is 0. The molecule has 0 saturated carbocycles. The van der Waals surface area contributed by atoms with Crippen molar-refractivity contribution in [1.29, 1.82) is 0 Å². The minimum absolute atomic E-state index is 0.0896. The van der Waals surface area contributed by atoms with Crippen LogP contribution in [0.3, 0.4) is 0 Å². The van der Waals surface area contributed by atoms with Crippen LogP contribution >= 0.6 is 23.1 Å². The maximum absolute atomic E-state index is 13.1. The third-order valence-electron chi connectivity index (χ3n) is 5.79. The summed E-state index contributed by atoms with van der Waals surface area (Å²) in [4.78, 5) is 18.8. The first-order valence-corrected chi connectivity index (χ1v) is 13.9. The number of nitrogens with zero attached hydrogens (tertiary/aromatic N) is 1. The average molecular weight is 446 g/mol. The number of hydrogen-bond donors (Lipinski definition) is 0. The van der Waals surface area contributed by atoms with Crippen molar-refractivity contribution in [3.05, 3.63) is 46.4 Å². The first kappa shape index (κ1) is 25.1. The summed E-state index contributed by atoms with van der Waals surface area (Å²) in [6.45, 7) is 2.28. The Morgan fingerprint density at radius 3 is 1.97 bits per heavy atom. The van der Waals surface area contributed by atoms with E-state index in [4.69, 9.17) is 0 Å². The lowest BCUT2D eigenvalue weighted by atomic mass is 9.92. The highest BCUT2D eigenvalue weighted by molar-refractivity contribution is 7.98. The highest BCUT2D eigenvalue weighted by atomic mass is 32.2. The maximum Gasteiger partial charge on any atom is 0.172 e. The monoisotopic (exact) mass is 445 g/mol. The zero-order chi connectivity index (χ0) is 21.4. The molecule has 0 aliphatic heterocycles. The van der Waals surface area contributed by atoms with Gasteiger partial charge in [-0.05, 0) is 24.8 Å². The summed E-state index contributed by atoms with van der Waals surface area (Å²) in [6, 6.07) is 8.02. The second-order valence-electron chi connectivity index (χ2n) is 8.19. The number of unbranched alkanes of at least 4 members (excludes halogenated alkanes) is 11. The molecule has 0 radical (unpaired) electrons. The van der Waals surface area contributed by atoms with E-state index >= 15 is 0 Å². The van der Waals surface area contributed by atoms with Gasteiger partial charge in [-0.2, -0.15) is 0 Å². The molecule has 0 amide bonds. The van der Waals surface area contributed by atoms with E-state index in [0.29, 0.717) is 0 Å². The van der Waals surface area contributed by atoms with Gasteiger partial charge in [0.1, 0.15) is 5.01 Å². The van der Waals surface area contributed by atoms with Crippen LogP contribution in [0.2, 0.25) is 0 Å². The predicted molar refractivity (Wildman–Crippen MR) is 133 cm³/mol. The van der Waals surface area contributed by atoms with Crippen molar-refractivity contribution in [2.45, 2.75) is 101 Å². The smallest absolute Gasteiger partial charge is 0.172 e. The van der Waals surface area contributed by atoms with E-state index in [9.17, 15) is 4.79 Å². The predicted octanol–water partition coefficient (Wildman–Crippen LogP) is 8.92. The molecule has 1 unspecified atom stereocenters. The molecular weight excluding hydrogens is 406 g/mol. The number of thioether (sulfide) groups is 1. The number of benzene rings is 1. The molecule has 0 spiro atoms. The number of thiazole rings is 1. The minimum atomic E-state index is -0.0896. The molecule has 2 nitrogen and oxygen atoms in total. The van der Waals surface area contributed by atoms with Crippen molar-refractivity contribution in [3.63, 3.8) is 0 Å². The highest BCUT2D eigenvalue weighted by Crippen LogP contribution is 2.29. The summed E-state index contributed by atoms with van der Waals surface area (Å²) in [5.74, 6) is 0.133. The molecule has 0 aliphatic carbocycles. The van der Waals surface area contributed by atoms with Crippen molar-refractivity contribution < 1.29 is 4.79 Å². The fourth-order valence-electron chi connectivity index (χ4n) is 3.92. The lowest BCUT2D eigenvalue weighted by molar-refractivity contribution is 0.0953. The first-order chi connectivity index (χ1) is 14.8. The average Bonchev–Trinajstić information content (AvgIpc) is 3.31. The van der Waals surface area contributed by atoms with Gasteiger partial charge >= 0.3 is 0 Å². The van der Waals surface area contributed by atoms with Crippen LogP contribution < -0.4 is 0 Å². The standard InChI is InChI=1S/C26H39NOS2/c1-3-4-5-6-7-8-9-10-11-12-13-14-15-24(26-27-20-21-30-26)25(28)22-16-18-23(29-2)19-17-22/h16-21,24H,3-15H2,1-2H3. The lowest BCUT2D eigenvalue weighted by Crippen LogP contribution is -2.13. The van der Waals surface area contributed by atoms with Gasteiger partial charge in [-0.1, -0.05) is 96.1 Å². The van der Waals surface area contributed by atoms with Crippen molar-refractivity contribution in [2.75, 3.05) is 6.26 Å². The van der Waals surface area contributed by atoms with Crippen molar-refractivity contribution in [1.82, 2.24) is 4.98 Å². The molecule has 1 heterocycles.